The smallest absolute Gasteiger partial charge is 0.225 e. The second kappa shape index (κ2) is 7.47. The van der Waals surface area contributed by atoms with E-state index in [2.05, 4.69) is 0 Å². The third-order valence-electron chi connectivity index (χ3n) is 3.78. The molecule has 144 valence electrons. The Morgan fingerprint density at radius 2 is 1.70 bits per heavy atom. The molecule has 1 aliphatic heterocycles. The van der Waals surface area contributed by atoms with Gasteiger partial charge in [-0.05, 0) is 24.3 Å². The molecule has 2 aromatic carbocycles. The molecule has 0 unspecified atom stereocenters. The zero-order chi connectivity index (χ0) is 19.6. The van der Waals surface area contributed by atoms with Crippen molar-refractivity contribution in [2.75, 3.05) is 24.3 Å². The summed E-state index contributed by atoms with van der Waals surface area (Å²) < 4.78 is 75.0. The van der Waals surface area contributed by atoms with Crippen LogP contribution in [0.5, 0.6) is 11.5 Å². The van der Waals surface area contributed by atoms with E-state index in [0.717, 1.165) is 6.07 Å². The minimum absolute atomic E-state index is 0.0569. The van der Waals surface area contributed by atoms with E-state index in [-0.39, 0.29) is 10.6 Å². The molecule has 2 aromatic rings. The number of fused-ring (bicyclic) bond motifs is 1. The van der Waals surface area contributed by atoms with E-state index in [4.69, 9.17) is 9.47 Å². The van der Waals surface area contributed by atoms with E-state index in [1.807, 2.05) is 5.32 Å². The van der Waals surface area contributed by atoms with E-state index in [1.165, 1.54) is 18.2 Å². The summed E-state index contributed by atoms with van der Waals surface area (Å²) in [5, 5.41) is 2.02. The molecule has 27 heavy (non-hydrogen) atoms. The number of nitrogens with one attached hydrogen (secondary N) is 1. The maximum absolute atomic E-state index is 13.5. The van der Waals surface area contributed by atoms with Crippen molar-refractivity contribution in [2.24, 2.45) is 0 Å². The van der Waals surface area contributed by atoms with Crippen LogP contribution in [-0.4, -0.2) is 33.3 Å². The molecule has 1 heterocycles. The van der Waals surface area contributed by atoms with Gasteiger partial charge in [0.25, 0.3) is 0 Å². The van der Waals surface area contributed by atoms with Gasteiger partial charge in [0.1, 0.15) is 13.2 Å². The molecular weight excluding hydrogens is 387 g/mol. The number of carbonyl (C=O) groups excluding carboxylic acids is 1. The molecule has 0 aromatic heterocycles. The van der Waals surface area contributed by atoms with E-state index in [9.17, 15) is 26.4 Å². The van der Waals surface area contributed by atoms with Gasteiger partial charge in [-0.1, -0.05) is 0 Å². The third-order valence-corrected chi connectivity index (χ3v) is 5.49. The Bertz CT molecular complexity index is 994. The number of hydrogen-bond donors (Lipinski definition) is 1. The van der Waals surface area contributed by atoms with Crippen molar-refractivity contribution in [1.29, 1.82) is 0 Å². The number of sulfone groups is 1. The molecular formula is C17H14F3NO5S. The zero-order valence-corrected chi connectivity index (χ0v) is 14.6. The zero-order valence-electron chi connectivity index (χ0n) is 13.8. The van der Waals surface area contributed by atoms with Gasteiger partial charge < -0.3 is 14.8 Å². The largest absolute Gasteiger partial charge is 0.486 e. The third kappa shape index (κ3) is 4.16. The molecule has 6 nitrogen and oxygen atoms in total. The summed E-state index contributed by atoms with van der Waals surface area (Å²) in [6.07, 6.45) is -0.505. The highest BCUT2D eigenvalue weighted by molar-refractivity contribution is 7.91. The Hall–Kier alpha value is -2.75. The Labute approximate surface area is 152 Å². The van der Waals surface area contributed by atoms with Gasteiger partial charge in [-0.25, -0.2) is 21.6 Å². The van der Waals surface area contributed by atoms with Crippen LogP contribution in [0.3, 0.4) is 0 Å². The van der Waals surface area contributed by atoms with Gasteiger partial charge in [0.15, 0.2) is 38.8 Å². The number of anilines is 1. The summed E-state index contributed by atoms with van der Waals surface area (Å²) in [7, 11) is -3.83. The van der Waals surface area contributed by atoms with Crippen LogP contribution in [0.2, 0.25) is 0 Å². The predicted molar refractivity (Wildman–Crippen MR) is 89.0 cm³/mol. The van der Waals surface area contributed by atoms with Gasteiger partial charge in [0, 0.05) is 12.5 Å². The molecule has 0 fully saturated rings. The minimum Gasteiger partial charge on any atom is -0.486 e. The Morgan fingerprint density at radius 1 is 1.00 bits per heavy atom. The number of hydrogen-bond acceptors (Lipinski definition) is 5. The summed E-state index contributed by atoms with van der Waals surface area (Å²) in [6.45, 7) is 0.651. The van der Waals surface area contributed by atoms with Gasteiger partial charge >= 0.3 is 0 Å². The average molecular weight is 401 g/mol. The quantitative estimate of drug-likeness (QED) is 0.779. The van der Waals surface area contributed by atoms with Gasteiger partial charge in [-0.3, -0.25) is 4.79 Å². The van der Waals surface area contributed by atoms with Crippen molar-refractivity contribution < 1.29 is 35.9 Å². The van der Waals surface area contributed by atoms with Crippen molar-refractivity contribution >= 4 is 21.4 Å². The molecule has 0 bridgehead atoms. The highest BCUT2D eigenvalue weighted by atomic mass is 32.2. The van der Waals surface area contributed by atoms with Crippen LogP contribution < -0.4 is 14.8 Å². The number of carbonyl (C=O) groups is 1. The first kappa shape index (κ1) is 19.0. The maximum atomic E-state index is 13.5. The highest BCUT2D eigenvalue weighted by Crippen LogP contribution is 2.32. The summed E-state index contributed by atoms with van der Waals surface area (Å²) in [6, 6.07) is 5.59. The number of rotatable bonds is 5. The maximum Gasteiger partial charge on any atom is 0.225 e. The molecule has 0 saturated heterocycles. The number of amides is 1. The van der Waals surface area contributed by atoms with Crippen molar-refractivity contribution in [3.05, 3.63) is 47.8 Å². The molecule has 0 aliphatic carbocycles. The van der Waals surface area contributed by atoms with Gasteiger partial charge in [-0.2, -0.15) is 0 Å². The van der Waals surface area contributed by atoms with E-state index >= 15 is 0 Å². The van der Waals surface area contributed by atoms with Crippen molar-refractivity contribution in [2.45, 2.75) is 11.3 Å². The fourth-order valence-electron chi connectivity index (χ4n) is 2.40. The normalized spacial score (nSPS) is 13.3. The standard InChI is InChI=1S/C17H14F3NO5S/c18-11-2-3-12(17(20)16(11)19)21-15(22)5-8-27(23,24)10-1-4-13-14(9-10)26-7-6-25-13/h1-4,9H,5-8H2,(H,21,22). The van der Waals surface area contributed by atoms with Crippen LogP contribution in [0.15, 0.2) is 35.2 Å². The lowest BCUT2D eigenvalue weighted by atomic mass is 10.2. The summed E-state index contributed by atoms with van der Waals surface area (Å²) in [4.78, 5) is 11.8. The van der Waals surface area contributed by atoms with Crippen LogP contribution in [0.25, 0.3) is 0 Å². The highest BCUT2D eigenvalue weighted by Gasteiger charge is 2.21. The molecule has 0 radical (unpaired) electrons. The fourth-order valence-corrected chi connectivity index (χ4v) is 3.65. The first-order valence-corrected chi connectivity index (χ1v) is 9.49. The van der Waals surface area contributed by atoms with Gasteiger partial charge in [-0.15, -0.1) is 0 Å². The van der Waals surface area contributed by atoms with E-state index in [0.29, 0.717) is 25.0 Å². The lowest BCUT2D eigenvalue weighted by Gasteiger charge is -2.18. The molecule has 1 aliphatic rings. The lowest BCUT2D eigenvalue weighted by Crippen LogP contribution is -2.19. The summed E-state index contributed by atoms with van der Waals surface area (Å²) in [5.41, 5.74) is -0.573. The van der Waals surface area contributed by atoms with Crippen LogP contribution >= 0.6 is 0 Å². The van der Waals surface area contributed by atoms with Crippen LogP contribution in [-0.2, 0) is 14.6 Å². The molecule has 0 spiro atoms. The van der Waals surface area contributed by atoms with Crippen molar-refractivity contribution in [3.63, 3.8) is 0 Å². The van der Waals surface area contributed by atoms with Crippen molar-refractivity contribution in [1.82, 2.24) is 0 Å². The average Bonchev–Trinajstić information content (AvgIpc) is 2.66. The molecule has 0 saturated carbocycles. The van der Waals surface area contributed by atoms with E-state index < -0.39 is 51.1 Å². The van der Waals surface area contributed by atoms with Gasteiger partial charge in [0.05, 0.1) is 16.3 Å². The SMILES string of the molecule is O=C(CCS(=O)(=O)c1ccc2c(c1)OCCO2)Nc1ccc(F)c(F)c1F. The lowest BCUT2D eigenvalue weighted by molar-refractivity contribution is -0.115. The second-order valence-electron chi connectivity index (χ2n) is 5.65. The Morgan fingerprint density at radius 3 is 2.44 bits per heavy atom. The topological polar surface area (TPSA) is 81.7 Å². The molecule has 3 rings (SSSR count). The van der Waals surface area contributed by atoms with Crippen LogP contribution in [0.1, 0.15) is 6.42 Å². The predicted octanol–water partition coefficient (Wildman–Crippen LogP) is 2.68. The van der Waals surface area contributed by atoms with Gasteiger partial charge in [0.2, 0.25) is 5.91 Å². The van der Waals surface area contributed by atoms with Crippen molar-refractivity contribution in [3.8, 4) is 11.5 Å². The monoisotopic (exact) mass is 401 g/mol. The van der Waals surface area contributed by atoms with E-state index in [1.54, 1.807) is 0 Å². The first-order valence-electron chi connectivity index (χ1n) is 7.84. The number of ether oxygens (including phenoxy) is 2. The molecule has 1 amide bonds. The second-order valence-corrected chi connectivity index (χ2v) is 7.75. The first-order chi connectivity index (χ1) is 12.8. The minimum atomic E-state index is -3.83. The number of halogens is 3. The van der Waals surface area contributed by atoms with Crippen LogP contribution in [0.4, 0.5) is 18.9 Å². The summed E-state index contributed by atoms with van der Waals surface area (Å²) >= 11 is 0. The van der Waals surface area contributed by atoms with Crippen LogP contribution in [0, 0.1) is 17.5 Å². The Balaban J connectivity index is 1.67. The molecule has 10 heteroatoms. The number of benzene rings is 2. The fraction of sp³-hybridized carbons (Fsp3) is 0.235. The molecule has 1 N–H and O–H groups in total. The molecule has 0 atom stereocenters. The summed E-state index contributed by atoms with van der Waals surface area (Å²) in [5.74, 6) is -5.39. The Kier molecular flexibility index (Phi) is 5.26.